The minimum Gasteiger partial charge on any atom is -0.490 e. The normalized spacial score (nSPS) is 10.4. The lowest BCUT2D eigenvalue weighted by atomic mass is 10.1. The molecule has 0 N–H and O–H groups in total. The summed E-state index contributed by atoms with van der Waals surface area (Å²) >= 11 is 0. The first-order chi connectivity index (χ1) is 15.9. The van der Waals surface area contributed by atoms with E-state index in [0.717, 1.165) is 22.6 Å². The lowest BCUT2D eigenvalue weighted by molar-refractivity contribution is -0.140. The molecule has 170 valence electrons. The molecular weight excluding hydrogens is 422 g/mol. The Morgan fingerprint density at radius 3 is 2.45 bits per heavy atom. The number of hydrogen-bond acceptors (Lipinski definition) is 7. The van der Waals surface area contributed by atoms with E-state index in [1.807, 2.05) is 26.8 Å². The van der Waals surface area contributed by atoms with Gasteiger partial charge in [0.25, 0.3) is 0 Å². The van der Waals surface area contributed by atoms with E-state index in [-0.39, 0.29) is 18.1 Å². The summed E-state index contributed by atoms with van der Waals surface area (Å²) in [6, 6.07) is 13.6. The summed E-state index contributed by atoms with van der Waals surface area (Å²) in [6.45, 7) is 6.02. The lowest BCUT2D eigenvalue weighted by Gasteiger charge is -2.11. The van der Waals surface area contributed by atoms with Crippen LogP contribution in [0.1, 0.15) is 46.2 Å². The van der Waals surface area contributed by atoms with Gasteiger partial charge in [-0.1, -0.05) is 0 Å². The van der Waals surface area contributed by atoms with Crippen molar-refractivity contribution in [3.8, 4) is 23.3 Å². The Morgan fingerprint density at radius 2 is 1.82 bits per heavy atom. The molecule has 1 aromatic heterocycles. The van der Waals surface area contributed by atoms with Gasteiger partial charge in [-0.25, -0.2) is 9.48 Å². The van der Waals surface area contributed by atoms with Gasteiger partial charge in [0.05, 0.1) is 42.3 Å². The van der Waals surface area contributed by atoms with Crippen LogP contribution in [-0.2, 0) is 16.0 Å². The van der Waals surface area contributed by atoms with E-state index in [2.05, 4.69) is 5.10 Å². The number of aryl methyl sites for hydroxylation is 1. The van der Waals surface area contributed by atoms with Gasteiger partial charge in [-0.2, -0.15) is 10.4 Å². The van der Waals surface area contributed by atoms with Gasteiger partial charge in [-0.05, 0) is 69.2 Å². The number of rotatable bonds is 8. The third-order valence-electron chi connectivity index (χ3n) is 5.17. The average molecular weight is 447 g/mol. The van der Waals surface area contributed by atoms with Gasteiger partial charge in [0.15, 0.2) is 11.5 Å². The highest BCUT2D eigenvalue weighted by molar-refractivity contribution is 5.91. The predicted octanol–water partition coefficient (Wildman–Crippen LogP) is 4.08. The number of hydrogen-bond donors (Lipinski definition) is 0. The van der Waals surface area contributed by atoms with Crippen molar-refractivity contribution in [2.75, 3.05) is 13.7 Å². The first-order valence-electron chi connectivity index (χ1n) is 10.5. The van der Waals surface area contributed by atoms with Crippen LogP contribution in [0.5, 0.6) is 11.5 Å². The van der Waals surface area contributed by atoms with Crippen LogP contribution in [0.3, 0.4) is 0 Å². The second-order valence-electron chi connectivity index (χ2n) is 7.28. The predicted molar refractivity (Wildman–Crippen MR) is 121 cm³/mol. The number of ether oxygens (including phenoxy) is 3. The number of benzene rings is 2. The van der Waals surface area contributed by atoms with Crippen LogP contribution >= 0.6 is 0 Å². The summed E-state index contributed by atoms with van der Waals surface area (Å²) in [5.41, 5.74) is 4.31. The van der Waals surface area contributed by atoms with Crippen LogP contribution in [0.2, 0.25) is 0 Å². The topological polar surface area (TPSA) is 103 Å². The monoisotopic (exact) mass is 447 g/mol. The molecule has 0 aliphatic rings. The molecule has 0 saturated carbocycles. The average Bonchev–Trinajstić information content (AvgIpc) is 3.11. The fourth-order valence-corrected chi connectivity index (χ4v) is 3.45. The molecule has 8 nitrogen and oxygen atoms in total. The van der Waals surface area contributed by atoms with E-state index in [4.69, 9.17) is 19.5 Å². The Kier molecular flexibility index (Phi) is 7.46. The fraction of sp³-hybridized carbons (Fsp3) is 0.280. The van der Waals surface area contributed by atoms with E-state index < -0.39 is 5.97 Å². The summed E-state index contributed by atoms with van der Waals surface area (Å²) in [6.07, 6.45) is 0.829. The highest BCUT2D eigenvalue weighted by Crippen LogP contribution is 2.29. The molecule has 0 atom stereocenters. The minimum atomic E-state index is -0.542. The molecule has 0 unspecified atom stereocenters. The maximum atomic E-state index is 12.7. The van der Waals surface area contributed by atoms with Crippen LogP contribution < -0.4 is 9.47 Å². The summed E-state index contributed by atoms with van der Waals surface area (Å²) in [7, 11) is 1.37. The molecule has 0 radical (unpaired) electrons. The van der Waals surface area contributed by atoms with Crippen LogP contribution in [-0.4, -0.2) is 35.4 Å². The molecule has 0 aliphatic carbocycles. The number of methoxy groups -OCH3 is 1. The molecule has 0 spiro atoms. The molecule has 0 bridgehead atoms. The third-order valence-corrected chi connectivity index (χ3v) is 5.17. The van der Waals surface area contributed by atoms with Gasteiger partial charge < -0.3 is 14.2 Å². The zero-order valence-corrected chi connectivity index (χ0v) is 19.0. The molecule has 33 heavy (non-hydrogen) atoms. The van der Waals surface area contributed by atoms with Crippen molar-refractivity contribution in [2.24, 2.45) is 0 Å². The SMILES string of the molecule is CCOc1cc(C#N)ccc1OC(=O)c1ccc(-n2nc(C)c(CCC(=O)OC)c2C)cc1. The number of carbonyl (C=O) groups excluding carboxylic acids is 2. The van der Waals surface area contributed by atoms with E-state index in [0.29, 0.717) is 29.9 Å². The van der Waals surface area contributed by atoms with E-state index in [1.54, 1.807) is 41.1 Å². The molecule has 0 aliphatic heterocycles. The van der Waals surface area contributed by atoms with Crippen molar-refractivity contribution in [2.45, 2.75) is 33.6 Å². The van der Waals surface area contributed by atoms with Gasteiger partial charge in [0.1, 0.15) is 0 Å². The summed E-state index contributed by atoms with van der Waals surface area (Å²) in [5, 5.41) is 13.6. The smallest absolute Gasteiger partial charge is 0.343 e. The molecule has 1 heterocycles. The molecular formula is C25H25N3O5. The second-order valence-corrected chi connectivity index (χ2v) is 7.28. The molecule has 8 heteroatoms. The van der Waals surface area contributed by atoms with Gasteiger partial charge in [0, 0.05) is 18.2 Å². The Balaban J connectivity index is 1.78. The van der Waals surface area contributed by atoms with Crippen molar-refractivity contribution in [3.05, 3.63) is 70.5 Å². The number of carbonyl (C=O) groups is 2. The number of esters is 2. The van der Waals surface area contributed by atoms with Crippen molar-refractivity contribution in [3.63, 3.8) is 0 Å². The first kappa shape index (κ1) is 23.5. The third kappa shape index (κ3) is 5.39. The molecule has 3 rings (SSSR count). The maximum Gasteiger partial charge on any atom is 0.343 e. The van der Waals surface area contributed by atoms with Crippen molar-refractivity contribution in [1.82, 2.24) is 9.78 Å². The van der Waals surface area contributed by atoms with Gasteiger partial charge in [0.2, 0.25) is 0 Å². The van der Waals surface area contributed by atoms with Crippen LogP contribution in [0, 0.1) is 25.2 Å². The number of aromatic nitrogens is 2. The summed E-state index contributed by atoms with van der Waals surface area (Å²) in [4.78, 5) is 24.2. The van der Waals surface area contributed by atoms with Crippen LogP contribution in [0.4, 0.5) is 0 Å². The van der Waals surface area contributed by atoms with Gasteiger partial charge in [-0.3, -0.25) is 4.79 Å². The summed E-state index contributed by atoms with van der Waals surface area (Å²) in [5.74, 6) is -0.221. The maximum absolute atomic E-state index is 12.7. The molecule has 0 fully saturated rings. The molecule has 0 saturated heterocycles. The molecule has 3 aromatic rings. The Labute approximate surface area is 192 Å². The van der Waals surface area contributed by atoms with Crippen LogP contribution in [0.15, 0.2) is 42.5 Å². The van der Waals surface area contributed by atoms with Gasteiger partial charge in [-0.15, -0.1) is 0 Å². The largest absolute Gasteiger partial charge is 0.490 e. The van der Waals surface area contributed by atoms with E-state index in [9.17, 15) is 9.59 Å². The van der Waals surface area contributed by atoms with E-state index in [1.165, 1.54) is 13.2 Å². The molecule has 2 aromatic carbocycles. The van der Waals surface area contributed by atoms with Crippen LogP contribution in [0.25, 0.3) is 5.69 Å². The van der Waals surface area contributed by atoms with Crippen molar-refractivity contribution < 1.29 is 23.8 Å². The number of nitriles is 1. The highest BCUT2D eigenvalue weighted by Gasteiger charge is 2.16. The Bertz CT molecular complexity index is 1210. The van der Waals surface area contributed by atoms with E-state index >= 15 is 0 Å². The zero-order valence-electron chi connectivity index (χ0n) is 19.0. The minimum absolute atomic E-state index is 0.249. The highest BCUT2D eigenvalue weighted by atomic mass is 16.6. The first-order valence-corrected chi connectivity index (χ1v) is 10.5. The number of nitrogens with zero attached hydrogens (tertiary/aromatic N) is 3. The zero-order chi connectivity index (χ0) is 24.0. The second kappa shape index (κ2) is 10.5. The molecule has 0 amide bonds. The standard InChI is InChI=1S/C25H25N3O5/c1-5-32-23-14-18(15-26)6-12-22(23)33-25(30)19-7-9-20(10-8-19)28-17(3)21(16(2)27-28)11-13-24(29)31-4/h6-10,12,14H,5,11,13H2,1-4H3. The lowest BCUT2D eigenvalue weighted by Crippen LogP contribution is -2.10. The van der Waals surface area contributed by atoms with Crippen molar-refractivity contribution >= 4 is 11.9 Å². The quantitative estimate of drug-likeness (QED) is 0.378. The Hall–Kier alpha value is -4.12. The van der Waals surface area contributed by atoms with Crippen molar-refractivity contribution in [1.29, 1.82) is 5.26 Å². The fourth-order valence-electron chi connectivity index (χ4n) is 3.45. The summed E-state index contributed by atoms with van der Waals surface area (Å²) < 4.78 is 17.5. The Morgan fingerprint density at radius 1 is 1.09 bits per heavy atom. The van der Waals surface area contributed by atoms with Gasteiger partial charge >= 0.3 is 11.9 Å².